The maximum atomic E-state index is 12.4. The van der Waals surface area contributed by atoms with Crippen LogP contribution in [0, 0.1) is 0 Å². The Bertz CT molecular complexity index is 419. The highest BCUT2D eigenvalue weighted by atomic mass is 19.4. The van der Waals surface area contributed by atoms with E-state index in [1.165, 1.54) is 0 Å². The number of nitrogens with one attached hydrogen (secondary N) is 1. The van der Waals surface area contributed by atoms with Crippen LogP contribution in [-0.4, -0.2) is 22.6 Å². The molecule has 7 heteroatoms. The van der Waals surface area contributed by atoms with Gasteiger partial charge in [-0.15, -0.1) is 0 Å². The standard InChI is InChI=1S/C10H11F3N2O2/c1-2-3-14-8-7(9(16)17)4-6(5-15-8)10(11,12)13/h4-5H,2-3H2,1H3,(H,14,15)(H,16,17). The van der Waals surface area contributed by atoms with E-state index in [4.69, 9.17) is 5.11 Å². The second-order valence-electron chi connectivity index (χ2n) is 3.35. The van der Waals surface area contributed by atoms with Crippen molar-refractivity contribution >= 4 is 11.8 Å². The van der Waals surface area contributed by atoms with Crippen LogP contribution in [-0.2, 0) is 6.18 Å². The summed E-state index contributed by atoms with van der Waals surface area (Å²) in [5.74, 6) is -1.49. The lowest BCUT2D eigenvalue weighted by atomic mass is 10.2. The number of hydrogen-bond acceptors (Lipinski definition) is 3. The molecule has 17 heavy (non-hydrogen) atoms. The average Bonchev–Trinajstić information content (AvgIpc) is 2.24. The molecule has 0 spiro atoms. The van der Waals surface area contributed by atoms with Gasteiger partial charge in [0.1, 0.15) is 11.4 Å². The molecule has 0 bridgehead atoms. The van der Waals surface area contributed by atoms with Gasteiger partial charge < -0.3 is 10.4 Å². The molecule has 0 fully saturated rings. The highest BCUT2D eigenvalue weighted by Gasteiger charge is 2.32. The predicted octanol–water partition coefficient (Wildman–Crippen LogP) is 2.62. The fraction of sp³-hybridized carbons (Fsp3) is 0.400. The number of hydrogen-bond donors (Lipinski definition) is 2. The largest absolute Gasteiger partial charge is 0.478 e. The van der Waals surface area contributed by atoms with Crippen molar-refractivity contribution in [3.05, 3.63) is 23.4 Å². The lowest BCUT2D eigenvalue weighted by Gasteiger charge is -2.11. The van der Waals surface area contributed by atoms with Crippen LogP contribution in [0.3, 0.4) is 0 Å². The Morgan fingerprint density at radius 3 is 2.65 bits per heavy atom. The lowest BCUT2D eigenvalue weighted by Crippen LogP contribution is -2.13. The molecule has 2 N–H and O–H groups in total. The van der Waals surface area contributed by atoms with Crippen LogP contribution >= 0.6 is 0 Å². The number of nitrogens with zero attached hydrogens (tertiary/aromatic N) is 1. The Morgan fingerprint density at radius 1 is 1.53 bits per heavy atom. The van der Waals surface area contributed by atoms with Crippen LogP contribution in [0.15, 0.2) is 12.3 Å². The number of aromatic nitrogens is 1. The minimum Gasteiger partial charge on any atom is -0.478 e. The van der Waals surface area contributed by atoms with Gasteiger partial charge in [0.05, 0.1) is 5.56 Å². The zero-order valence-corrected chi connectivity index (χ0v) is 9.01. The number of halogens is 3. The third kappa shape index (κ3) is 3.33. The normalized spacial score (nSPS) is 11.3. The summed E-state index contributed by atoms with van der Waals surface area (Å²) in [5, 5.41) is 11.5. The summed E-state index contributed by atoms with van der Waals surface area (Å²) in [6, 6.07) is 0.577. The fourth-order valence-corrected chi connectivity index (χ4v) is 1.17. The number of alkyl halides is 3. The molecule has 0 aliphatic rings. The quantitative estimate of drug-likeness (QED) is 0.859. The first-order valence-electron chi connectivity index (χ1n) is 4.90. The lowest BCUT2D eigenvalue weighted by molar-refractivity contribution is -0.137. The molecule has 1 aromatic rings. The molecular weight excluding hydrogens is 237 g/mol. The molecule has 1 aromatic heterocycles. The Morgan fingerprint density at radius 2 is 2.18 bits per heavy atom. The number of aromatic carboxylic acids is 1. The molecule has 0 radical (unpaired) electrons. The molecule has 1 rings (SSSR count). The van der Waals surface area contributed by atoms with E-state index < -0.39 is 23.3 Å². The number of anilines is 1. The van der Waals surface area contributed by atoms with Crippen LogP contribution in [0.1, 0.15) is 29.3 Å². The number of carboxylic acid groups (broad SMARTS) is 1. The second kappa shape index (κ2) is 5.03. The van der Waals surface area contributed by atoms with Crippen LogP contribution in [0.5, 0.6) is 0 Å². The number of carboxylic acids is 1. The van der Waals surface area contributed by atoms with E-state index in [2.05, 4.69) is 10.3 Å². The molecule has 0 amide bonds. The SMILES string of the molecule is CCCNc1ncc(C(F)(F)F)cc1C(=O)O. The molecule has 4 nitrogen and oxygen atoms in total. The summed E-state index contributed by atoms with van der Waals surface area (Å²) >= 11 is 0. The summed E-state index contributed by atoms with van der Waals surface area (Å²) in [6.45, 7) is 2.29. The molecule has 0 saturated heterocycles. The van der Waals surface area contributed by atoms with Gasteiger partial charge in [0, 0.05) is 12.7 Å². The van der Waals surface area contributed by atoms with Gasteiger partial charge in [-0.05, 0) is 12.5 Å². The van der Waals surface area contributed by atoms with E-state index in [0.29, 0.717) is 25.2 Å². The Balaban J connectivity index is 3.13. The highest BCUT2D eigenvalue weighted by Crippen LogP contribution is 2.30. The van der Waals surface area contributed by atoms with E-state index in [1.54, 1.807) is 0 Å². The molecule has 1 heterocycles. The third-order valence-electron chi connectivity index (χ3n) is 1.99. The fourth-order valence-electron chi connectivity index (χ4n) is 1.17. The number of rotatable bonds is 4. The van der Waals surface area contributed by atoms with Crippen LogP contribution < -0.4 is 5.32 Å². The molecule has 94 valence electrons. The highest BCUT2D eigenvalue weighted by molar-refractivity contribution is 5.93. The van der Waals surface area contributed by atoms with Gasteiger partial charge in [-0.1, -0.05) is 6.92 Å². The van der Waals surface area contributed by atoms with Crippen LogP contribution in [0.4, 0.5) is 19.0 Å². The summed E-state index contributed by atoms with van der Waals surface area (Å²) in [4.78, 5) is 14.3. The Kier molecular flexibility index (Phi) is 3.93. The first-order chi connectivity index (χ1) is 7.86. The van der Waals surface area contributed by atoms with Crippen molar-refractivity contribution < 1.29 is 23.1 Å². The van der Waals surface area contributed by atoms with Crippen molar-refractivity contribution in [1.29, 1.82) is 0 Å². The van der Waals surface area contributed by atoms with Crippen LogP contribution in [0.2, 0.25) is 0 Å². The van der Waals surface area contributed by atoms with Gasteiger partial charge >= 0.3 is 12.1 Å². The summed E-state index contributed by atoms with van der Waals surface area (Å²) in [7, 11) is 0. The van der Waals surface area contributed by atoms with E-state index in [9.17, 15) is 18.0 Å². The van der Waals surface area contributed by atoms with Gasteiger partial charge in [-0.2, -0.15) is 13.2 Å². The monoisotopic (exact) mass is 248 g/mol. The maximum absolute atomic E-state index is 12.4. The first-order valence-corrected chi connectivity index (χ1v) is 4.90. The second-order valence-corrected chi connectivity index (χ2v) is 3.35. The van der Waals surface area contributed by atoms with Gasteiger partial charge in [0.2, 0.25) is 0 Å². The molecule has 0 unspecified atom stereocenters. The van der Waals surface area contributed by atoms with Crippen molar-refractivity contribution in [2.24, 2.45) is 0 Å². The van der Waals surface area contributed by atoms with E-state index in [0.717, 1.165) is 0 Å². The molecule has 0 aliphatic heterocycles. The van der Waals surface area contributed by atoms with E-state index >= 15 is 0 Å². The smallest absolute Gasteiger partial charge is 0.417 e. The summed E-state index contributed by atoms with van der Waals surface area (Å²) in [5.41, 5.74) is -1.55. The zero-order valence-electron chi connectivity index (χ0n) is 9.01. The topological polar surface area (TPSA) is 62.2 Å². The summed E-state index contributed by atoms with van der Waals surface area (Å²) in [6.07, 6.45) is -3.27. The van der Waals surface area contributed by atoms with Crippen molar-refractivity contribution in [2.75, 3.05) is 11.9 Å². The average molecular weight is 248 g/mol. The Hall–Kier alpha value is -1.79. The van der Waals surface area contributed by atoms with Gasteiger partial charge in [0.25, 0.3) is 0 Å². The van der Waals surface area contributed by atoms with Crippen LogP contribution in [0.25, 0.3) is 0 Å². The van der Waals surface area contributed by atoms with E-state index in [-0.39, 0.29) is 5.82 Å². The van der Waals surface area contributed by atoms with Crippen molar-refractivity contribution in [1.82, 2.24) is 4.98 Å². The Labute approximate surface area is 95.5 Å². The third-order valence-corrected chi connectivity index (χ3v) is 1.99. The van der Waals surface area contributed by atoms with Crippen molar-refractivity contribution in [2.45, 2.75) is 19.5 Å². The predicted molar refractivity (Wildman–Crippen MR) is 55.0 cm³/mol. The zero-order chi connectivity index (χ0) is 13.1. The van der Waals surface area contributed by atoms with Crippen molar-refractivity contribution in [3.63, 3.8) is 0 Å². The number of carbonyl (C=O) groups is 1. The molecule has 0 aromatic carbocycles. The molecule has 0 atom stereocenters. The number of pyridine rings is 1. The van der Waals surface area contributed by atoms with E-state index in [1.807, 2.05) is 6.92 Å². The summed E-state index contributed by atoms with van der Waals surface area (Å²) < 4.78 is 37.1. The van der Waals surface area contributed by atoms with Gasteiger partial charge in [-0.3, -0.25) is 0 Å². The van der Waals surface area contributed by atoms with Gasteiger partial charge in [-0.25, -0.2) is 9.78 Å². The molecular formula is C10H11F3N2O2. The first kappa shape index (κ1) is 13.3. The molecule has 0 aliphatic carbocycles. The molecule has 0 saturated carbocycles. The minimum absolute atomic E-state index is 0.0487. The van der Waals surface area contributed by atoms with Gasteiger partial charge in [0.15, 0.2) is 0 Å². The van der Waals surface area contributed by atoms with Crippen molar-refractivity contribution in [3.8, 4) is 0 Å². The minimum atomic E-state index is -4.60. The maximum Gasteiger partial charge on any atom is 0.417 e.